The number of aromatic nitrogens is 3. The van der Waals surface area contributed by atoms with E-state index in [1.165, 1.54) is 37.4 Å². The van der Waals surface area contributed by atoms with Gasteiger partial charge in [0.05, 0.1) is 17.3 Å². The summed E-state index contributed by atoms with van der Waals surface area (Å²) in [5, 5.41) is 6.23. The van der Waals surface area contributed by atoms with Crippen LogP contribution >= 0.6 is 0 Å². The van der Waals surface area contributed by atoms with Gasteiger partial charge >= 0.3 is 0 Å². The van der Waals surface area contributed by atoms with E-state index in [4.69, 9.17) is 5.73 Å². The van der Waals surface area contributed by atoms with Gasteiger partial charge in [0.1, 0.15) is 35.4 Å². The molecule has 0 radical (unpaired) electrons. The molecule has 7 nitrogen and oxygen atoms in total. The van der Waals surface area contributed by atoms with Gasteiger partial charge in [-0.15, -0.1) is 0 Å². The van der Waals surface area contributed by atoms with Gasteiger partial charge in [0.2, 0.25) is 5.91 Å². The molecule has 1 unspecified atom stereocenters. The van der Waals surface area contributed by atoms with Crippen molar-refractivity contribution in [2.24, 2.45) is 5.73 Å². The number of nitrogens with two attached hydrogens (primary N) is 1. The Balaban J connectivity index is 1.55. The van der Waals surface area contributed by atoms with E-state index in [9.17, 15) is 40.3 Å². The van der Waals surface area contributed by atoms with E-state index < -0.39 is 83.5 Å². The van der Waals surface area contributed by atoms with Gasteiger partial charge < -0.3 is 11.1 Å². The minimum absolute atomic E-state index is 0.0849. The zero-order valence-corrected chi connectivity index (χ0v) is 22.9. The number of alkyl halides is 4. The van der Waals surface area contributed by atoms with E-state index in [0.717, 1.165) is 18.2 Å². The minimum Gasteiger partial charge on any atom is -0.366 e. The molecule has 2 atom stereocenters. The van der Waals surface area contributed by atoms with Crippen molar-refractivity contribution in [2.45, 2.75) is 50.6 Å². The Kier molecular flexibility index (Phi) is 8.19. The predicted molar refractivity (Wildman–Crippen MR) is 143 cm³/mol. The zero-order valence-electron chi connectivity index (χ0n) is 22.9. The van der Waals surface area contributed by atoms with Crippen molar-refractivity contribution < 1.29 is 40.3 Å². The van der Waals surface area contributed by atoms with Crippen molar-refractivity contribution in [2.75, 3.05) is 0 Å². The number of fused-ring (bicyclic) bond motifs is 1. The van der Waals surface area contributed by atoms with Crippen LogP contribution in [0.4, 0.5) is 30.7 Å². The molecule has 0 bridgehead atoms. The second-order valence-corrected chi connectivity index (χ2v) is 10.5. The van der Waals surface area contributed by atoms with Crippen molar-refractivity contribution in [3.8, 4) is 11.1 Å². The number of primary amides is 1. The van der Waals surface area contributed by atoms with Crippen molar-refractivity contribution in [3.05, 3.63) is 106 Å². The molecule has 0 spiro atoms. The molecule has 0 saturated heterocycles. The number of rotatable bonds is 9. The first-order valence-corrected chi connectivity index (χ1v) is 13.3. The fraction of sp³-hybridized carbons (Fsp3) is 0.267. The van der Waals surface area contributed by atoms with Gasteiger partial charge in [-0.25, -0.2) is 22.0 Å². The average Bonchev–Trinajstić information content (AvgIpc) is 3.43. The van der Waals surface area contributed by atoms with Crippen molar-refractivity contribution in [3.63, 3.8) is 0 Å². The highest BCUT2D eigenvalue weighted by Crippen LogP contribution is 2.50. The van der Waals surface area contributed by atoms with E-state index in [2.05, 4.69) is 15.4 Å². The maximum absolute atomic E-state index is 14.8. The molecule has 5 rings (SSSR count). The third kappa shape index (κ3) is 6.01. The Bertz CT molecular complexity index is 1740. The lowest BCUT2D eigenvalue weighted by atomic mass is 9.94. The van der Waals surface area contributed by atoms with Crippen LogP contribution in [0.5, 0.6) is 0 Å². The second-order valence-electron chi connectivity index (χ2n) is 10.5. The number of pyridine rings is 1. The summed E-state index contributed by atoms with van der Waals surface area (Å²) in [5.74, 6) is -9.11. The molecule has 0 fully saturated rings. The van der Waals surface area contributed by atoms with Gasteiger partial charge in [-0.1, -0.05) is 19.1 Å². The van der Waals surface area contributed by atoms with Gasteiger partial charge in [-0.05, 0) is 53.8 Å². The van der Waals surface area contributed by atoms with Gasteiger partial charge in [0.15, 0.2) is 0 Å². The highest BCUT2D eigenvalue weighted by molar-refractivity contribution is 5.94. The Hall–Kier alpha value is -4.75. The number of hydrogen-bond acceptors (Lipinski definition) is 4. The van der Waals surface area contributed by atoms with E-state index in [1.807, 2.05) is 0 Å². The smallest absolute Gasteiger partial charge is 0.290 e. The lowest BCUT2D eigenvalue weighted by Gasteiger charge is -2.22. The Morgan fingerprint density at radius 2 is 1.77 bits per heavy atom. The summed E-state index contributed by atoms with van der Waals surface area (Å²) in [6, 6.07) is 8.04. The first-order chi connectivity index (χ1) is 20.7. The maximum Gasteiger partial charge on any atom is 0.290 e. The summed E-state index contributed by atoms with van der Waals surface area (Å²) in [6.45, 7) is 0.490. The number of benzene rings is 2. The molecule has 44 heavy (non-hydrogen) atoms. The summed E-state index contributed by atoms with van der Waals surface area (Å²) in [5.41, 5.74) is 3.66. The van der Waals surface area contributed by atoms with E-state index >= 15 is 0 Å². The Morgan fingerprint density at radius 3 is 2.43 bits per heavy atom. The van der Waals surface area contributed by atoms with Gasteiger partial charge in [0.25, 0.3) is 18.3 Å². The fourth-order valence-electron chi connectivity index (χ4n) is 5.60. The summed E-state index contributed by atoms with van der Waals surface area (Å²) in [6.07, 6.45) is -2.80. The van der Waals surface area contributed by atoms with Crippen LogP contribution in [0, 0.1) is 17.5 Å². The van der Waals surface area contributed by atoms with Crippen LogP contribution in [-0.4, -0.2) is 26.6 Å². The quantitative estimate of drug-likeness (QED) is 0.221. The first-order valence-electron chi connectivity index (χ1n) is 13.3. The Morgan fingerprint density at radius 1 is 1.07 bits per heavy atom. The summed E-state index contributed by atoms with van der Waals surface area (Å²) >= 11 is 0. The molecular weight excluding hydrogens is 595 g/mol. The number of halogens is 7. The minimum atomic E-state index is -3.51. The van der Waals surface area contributed by atoms with Crippen LogP contribution < -0.4 is 11.1 Å². The maximum atomic E-state index is 14.8. The van der Waals surface area contributed by atoms with E-state index in [0.29, 0.717) is 10.7 Å². The molecule has 2 aromatic carbocycles. The normalized spacial score (nSPS) is 16.2. The van der Waals surface area contributed by atoms with E-state index in [1.54, 1.807) is 0 Å². The molecule has 14 heteroatoms. The van der Waals surface area contributed by atoms with Crippen molar-refractivity contribution in [1.82, 2.24) is 20.1 Å². The third-order valence-electron chi connectivity index (χ3n) is 7.33. The van der Waals surface area contributed by atoms with Gasteiger partial charge in [0, 0.05) is 29.8 Å². The molecule has 230 valence electrons. The van der Waals surface area contributed by atoms with Crippen molar-refractivity contribution >= 4 is 11.8 Å². The topological polar surface area (TPSA) is 103 Å². The average molecular weight is 620 g/mol. The Labute approximate surface area is 245 Å². The molecule has 2 heterocycles. The number of amides is 2. The molecule has 2 amide bonds. The van der Waals surface area contributed by atoms with Crippen LogP contribution in [0.3, 0.4) is 0 Å². The van der Waals surface area contributed by atoms with Gasteiger partial charge in [-0.3, -0.25) is 19.3 Å². The van der Waals surface area contributed by atoms with Crippen molar-refractivity contribution in [1.29, 1.82) is 0 Å². The molecule has 0 aliphatic heterocycles. The third-order valence-corrected chi connectivity index (χ3v) is 7.33. The molecule has 0 saturated carbocycles. The highest BCUT2D eigenvalue weighted by atomic mass is 19.3. The molecule has 3 N–H and O–H groups in total. The molecule has 1 aliphatic rings. The van der Waals surface area contributed by atoms with Crippen LogP contribution in [0.2, 0.25) is 0 Å². The van der Waals surface area contributed by atoms with Crippen LogP contribution in [0.25, 0.3) is 11.1 Å². The summed E-state index contributed by atoms with van der Waals surface area (Å²) < 4.78 is 100.0. The number of nitrogens with zero attached hydrogens (tertiary/aromatic N) is 3. The summed E-state index contributed by atoms with van der Waals surface area (Å²) in [4.78, 5) is 29.4. The fourth-order valence-corrected chi connectivity index (χ4v) is 5.60. The van der Waals surface area contributed by atoms with Crippen LogP contribution in [0.15, 0.2) is 54.7 Å². The van der Waals surface area contributed by atoms with E-state index in [-0.39, 0.29) is 34.4 Å². The zero-order chi connectivity index (χ0) is 31.9. The molecule has 1 aliphatic carbocycles. The molecular formula is C30H24F7N5O2. The number of carbonyl (C=O) groups excluding carboxylic acids is 2. The number of carbonyl (C=O) groups is 2. The lowest BCUT2D eigenvalue weighted by Crippen LogP contribution is -2.35. The number of nitrogens with one attached hydrogen (secondary N) is 1. The van der Waals surface area contributed by atoms with Crippen LogP contribution in [0.1, 0.15) is 70.3 Å². The standard InChI is InChI=1S/C30H24F7N5O2/c1-14-12-30(36,37)27-24(14)26(28(34)35)41-42(27)13-23(43)40-22(9-15-7-17(31)11-18(32)8-15)25-19(3-2-6-39-25)16-4-5-21(33)20(10-16)29(38)44/h2-8,10-11,14,22,28H,9,12-13H2,1H3,(H2,38,44)(H,40,43)/t14-,22?/m1/s1. The monoisotopic (exact) mass is 619 g/mol. The van der Waals surface area contributed by atoms with Gasteiger partial charge in [-0.2, -0.15) is 13.9 Å². The predicted octanol–water partition coefficient (Wildman–Crippen LogP) is 6.10. The SMILES string of the molecule is C[C@@H]1CC(F)(F)c2c1c(C(F)F)nn2CC(=O)NC(Cc1cc(F)cc(F)c1)c1ncccc1-c1ccc(F)c(C(N)=O)c1. The summed E-state index contributed by atoms with van der Waals surface area (Å²) in [7, 11) is 0. The largest absolute Gasteiger partial charge is 0.366 e. The first kappa shape index (κ1) is 30.7. The highest BCUT2D eigenvalue weighted by Gasteiger charge is 2.50. The second kappa shape index (κ2) is 11.7. The molecule has 4 aromatic rings. The molecule has 2 aromatic heterocycles. The lowest BCUT2D eigenvalue weighted by molar-refractivity contribution is -0.122. The van der Waals surface area contributed by atoms with Crippen LogP contribution in [-0.2, 0) is 23.7 Å². The number of hydrogen-bond donors (Lipinski definition) is 2.